The first-order valence-electron chi connectivity index (χ1n) is 9.11. The number of carbonyl (C=O) groups excluding carboxylic acids is 1. The summed E-state index contributed by atoms with van der Waals surface area (Å²) in [6, 6.07) is 12.0. The molecule has 0 spiro atoms. The van der Waals surface area contributed by atoms with Crippen LogP contribution in [-0.2, 0) is 0 Å². The van der Waals surface area contributed by atoms with Crippen LogP contribution < -0.4 is 5.32 Å². The van der Waals surface area contributed by atoms with Crippen molar-refractivity contribution in [3.63, 3.8) is 0 Å². The fraction of sp³-hybridized carbons (Fsp3) is 0.300. The van der Waals surface area contributed by atoms with E-state index in [-0.39, 0.29) is 5.82 Å². The average molecular weight is 395 g/mol. The summed E-state index contributed by atoms with van der Waals surface area (Å²) >= 11 is 1.45. The summed E-state index contributed by atoms with van der Waals surface area (Å²) in [5.41, 5.74) is -0.398. The average Bonchev–Trinajstić information content (AvgIpc) is 3.38. The highest BCUT2D eigenvalue weighted by Gasteiger charge is 2.35. The summed E-state index contributed by atoms with van der Waals surface area (Å²) in [7, 11) is 0. The second-order valence-corrected chi connectivity index (χ2v) is 7.78. The van der Waals surface area contributed by atoms with E-state index in [1.165, 1.54) is 28.2 Å². The van der Waals surface area contributed by atoms with Crippen LogP contribution in [-0.4, -0.2) is 26.2 Å². The molecule has 1 amide bonds. The van der Waals surface area contributed by atoms with Gasteiger partial charge in [0.2, 0.25) is 5.82 Å². The Morgan fingerprint density at radius 1 is 1.25 bits per heavy atom. The second kappa shape index (κ2) is 7.52. The molecule has 28 heavy (non-hydrogen) atoms. The summed E-state index contributed by atoms with van der Waals surface area (Å²) in [6.45, 7) is 0. The maximum atomic E-state index is 13.7. The van der Waals surface area contributed by atoms with Gasteiger partial charge in [-0.25, -0.2) is 14.1 Å². The van der Waals surface area contributed by atoms with Crippen LogP contribution in [0, 0.1) is 17.1 Å². The molecule has 0 radical (unpaired) electrons. The molecule has 142 valence electrons. The minimum atomic E-state index is -0.872. The highest BCUT2D eigenvalue weighted by Crippen LogP contribution is 2.29. The molecule has 0 aliphatic heterocycles. The first kappa shape index (κ1) is 18.3. The maximum absolute atomic E-state index is 13.7. The fourth-order valence-corrected chi connectivity index (χ4v) is 4.15. The van der Waals surface area contributed by atoms with Crippen molar-refractivity contribution in [2.45, 2.75) is 37.6 Å². The largest absolute Gasteiger partial charge is 0.331 e. The lowest BCUT2D eigenvalue weighted by Crippen LogP contribution is -2.48. The Bertz CT molecular complexity index is 1030. The van der Waals surface area contributed by atoms with Crippen LogP contribution in [0.2, 0.25) is 0 Å². The van der Waals surface area contributed by atoms with Crippen molar-refractivity contribution in [1.82, 2.24) is 20.1 Å². The van der Waals surface area contributed by atoms with Crippen LogP contribution in [0.5, 0.6) is 0 Å². The van der Waals surface area contributed by atoms with Gasteiger partial charge in [0, 0.05) is 0 Å². The number of halogens is 1. The van der Waals surface area contributed by atoms with Crippen LogP contribution in [0.25, 0.3) is 16.4 Å². The van der Waals surface area contributed by atoms with Gasteiger partial charge in [0.05, 0.1) is 16.6 Å². The van der Waals surface area contributed by atoms with E-state index in [0.29, 0.717) is 24.4 Å². The van der Waals surface area contributed by atoms with Crippen molar-refractivity contribution in [1.29, 1.82) is 5.26 Å². The number of nitriles is 1. The van der Waals surface area contributed by atoms with Crippen LogP contribution >= 0.6 is 11.3 Å². The van der Waals surface area contributed by atoms with Gasteiger partial charge in [-0.15, -0.1) is 16.4 Å². The molecule has 6 nitrogen and oxygen atoms in total. The fourth-order valence-electron chi connectivity index (χ4n) is 3.45. The topological polar surface area (TPSA) is 83.6 Å². The minimum Gasteiger partial charge on any atom is -0.331 e. The number of amides is 1. The summed E-state index contributed by atoms with van der Waals surface area (Å²) in [6.07, 6.45) is 4.11. The van der Waals surface area contributed by atoms with Gasteiger partial charge in [-0.2, -0.15) is 5.26 Å². The molecule has 1 aliphatic carbocycles. The molecule has 0 saturated heterocycles. The molecule has 0 unspecified atom stereocenters. The Labute approximate surface area is 165 Å². The zero-order valence-electron chi connectivity index (χ0n) is 15.1. The first-order chi connectivity index (χ1) is 13.6. The predicted molar refractivity (Wildman–Crippen MR) is 104 cm³/mol. The molecule has 2 heterocycles. The number of thiophene rings is 1. The van der Waals surface area contributed by atoms with E-state index in [0.717, 1.165) is 24.1 Å². The molecule has 4 rings (SSSR count). The lowest BCUT2D eigenvalue weighted by atomic mass is 9.83. The molecular formula is C20H18FN5OS. The van der Waals surface area contributed by atoms with Crippen molar-refractivity contribution in [3.05, 3.63) is 53.4 Å². The van der Waals surface area contributed by atoms with Gasteiger partial charge < -0.3 is 5.32 Å². The second-order valence-electron chi connectivity index (χ2n) is 6.84. The van der Waals surface area contributed by atoms with E-state index >= 15 is 0 Å². The highest BCUT2D eigenvalue weighted by atomic mass is 32.1. The number of carbonyl (C=O) groups is 1. The van der Waals surface area contributed by atoms with Crippen LogP contribution in [0.3, 0.4) is 0 Å². The quantitative estimate of drug-likeness (QED) is 0.721. The number of nitrogens with one attached hydrogen (secondary N) is 1. The number of rotatable bonds is 4. The third-order valence-corrected chi connectivity index (χ3v) is 5.74. The minimum absolute atomic E-state index is 0.0344. The summed E-state index contributed by atoms with van der Waals surface area (Å²) in [5, 5.41) is 18.7. The summed E-state index contributed by atoms with van der Waals surface area (Å²) < 4.78 is 15.2. The van der Waals surface area contributed by atoms with Crippen molar-refractivity contribution in [2.75, 3.05) is 0 Å². The zero-order chi connectivity index (χ0) is 19.6. The molecule has 1 aromatic carbocycles. The van der Waals surface area contributed by atoms with E-state index in [9.17, 15) is 14.4 Å². The Balaban J connectivity index is 1.71. The van der Waals surface area contributed by atoms with E-state index < -0.39 is 17.3 Å². The highest BCUT2D eigenvalue weighted by molar-refractivity contribution is 7.13. The SMILES string of the molecule is N#CC1(NC(=O)c2nc(-c3cccs3)n(-c3cccc(F)c3)n2)CCCCC1. The molecule has 0 atom stereocenters. The van der Waals surface area contributed by atoms with Gasteiger partial charge in [0.1, 0.15) is 11.4 Å². The van der Waals surface area contributed by atoms with Gasteiger partial charge >= 0.3 is 0 Å². The lowest BCUT2D eigenvalue weighted by molar-refractivity contribution is 0.0892. The molecule has 1 fully saturated rings. The van der Waals surface area contributed by atoms with Crippen molar-refractivity contribution in [2.24, 2.45) is 0 Å². The standard InChI is InChI=1S/C20H18FN5OS/c21-14-6-4-7-15(12-14)26-18(16-8-5-11-28-16)23-17(25-26)19(27)24-20(13-22)9-2-1-3-10-20/h4-8,11-12H,1-3,9-10H2,(H,24,27). The Kier molecular flexibility index (Phi) is 4.92. The van der Waals surface area contributed by atoms with Gasteiger partial charge in [0.25, 0.3) is 5.91 Å². The molecule has 2 aromatic heterocycles. The molecule has 1 aliphatic rings. The molecule has 1 saturated carbocycles. The summed E-state index contributed by atoms with van der Waals surface area (Å²) in [5.74, 6) is -0.466. The first-order valence-corrected chi connectivity index (χ1v) is 9.99. The Hall–Kier alpha value is -3.05. The number of hydrogen-bond donors (Lipinski definition) is 1. The number of aromatic nitrogens is 3. The predicted octanol–water partition coefficient (Wildman–Crippen LogP) is 4.09. The third kappa shape index (κ3) is 3.53. The van der Waals surface area contributed by atoms with Crippen LogP contribution in [0.15, 0.2) is 41.8 Å². The number of benzene rings is 1. The van der Waals surface area contributed by atoms with E-state index in [1.54, 1.807) is 12.1 Å². The van der Waals surface area contributed by atoms with Gasteiger partial charge in [-0.1, -0.05) is 31.4 Å². The molecular weight excluding hydrogens is 377 g/mol. The number of hydrogen-bond acceptors (Lipinski definition) is 5. The monoisotopic (exact) mass is 395 g/mol. The van der Waals surface area contributed by atoms with Crippen molar-refractivity contribution in [3.8, 4) is 22.5 Å². The van der Waals surface area contributed by atoms with Gasteiger partial charge in [-0.05, 0) is 42.5 Å². The third-order valence-electron chi connectivity index (χ3n) is 4.88. The smallest absolute Gasteiger partial charge is 0.292 e. The van der Waals surface area contributed by atoms with E-state index in [2.05, 4.69) is 21.5 Å². The van der Waals surface area contributed by atoms with Crippen LogP contribution in [0.4, 0.5) is 4.39 Å². The maximum Gasteiger partial charge on any atom is 0.292 e. The zero-order valence-corrected chi connectivity index (χ0v) is 15.9. The van der Waals surface area contributed by atoms with Crippen LogP contribution in [0.1, 0.15) is 42.7 Å². The normalized spacial score (nSPS) is 15.7. The van der Waals surface area contributed by atoms with E-state index in [4.69, 9.17) is 0 Å². The number of nitrogens with zero attached hydrogens (tertiary/aromatic N) is 4. The molecule has 1 N–H and O–H groups in total. The van der Waals surface area contributed by atoms with E-state index in [1.807, 2.05) is 17.5 Å². The molecule has 0 bridgehead atoms. The van der Waals surface area contributed by atoms with Crippen molar-refractivity contribution >= 4 is 17.2 Å². The lowest BCUT2D eigenvalue weighted by Gasteiger charge is -2.30. The summed E-state index contributed by atoms with van der Waals surface area (Å²) in [4.78, 5) is 18.1. The molecule has 3 aromatic rings. The Morgan fingerprint density at radius 2 is 2.07 bits per heavy atom. The Morgan fingerprint density at radius 3 is 2.75 bits per heavy atom. The van der Waals surface area contributed by atoms with Crippen molar-refractivity contribution < 1.29 is 9.18 Å². The van der Waals surface area contributed by atoms with Gasteiger partial charge in [-0.3, -0.25) is 4.79 Å². The molecule has 8 heteroatoms. The van der Waals surface area contributed by atoms with Gasteiger partial charge in [0.15, 0.2) is 5.82 Å².